The van der Waals surface area contributed by atoms with Gasteiger partial charge in [0.2, 0.25) is 0 Å². The minimum atomic E-state index is -0.580. The number of aliphatic hydroxyl groups is 1. The molecular formula is C20H25ClN2O2. The van der Waals surface area contributed by atoms with Crippen molar-refractivity contribution in [2.45, 2.75) is 32.4 Å². The van der Waals surface area contributed by atoms with Gasteiger partial charge in [-0.1, -0.05) is 24.0 Å². The summed E-state index contributed by atoms with van der Waals surface area (Å²) in [5.41, 5.74) is 1.60. The van der Waals surface area contributed by atoms with Gasteiger partial charge >= 0.3 is 0 Å². The molecule has 0 aliphatic carbocycles. The highest BCUT2D eigenvalue weighted by Gasteiger charge is 2.13. The molecular weight excluding hydrogens is 336 g/mol. The van der Waals surface area contributed by atoms with Crippen LogP contribution < -0.4 is 10.1 Å². The third kappa shape index (κ3) is 8.04. The molecule has 2 rings (SSSR count). The first-order valence-electron chi connectivity index (χ1n) is 8.01. The van der Waals surface area contributed by atoms with Crippen molar-refractivity contribution >= 4 is 12.4 Å². The number of pyridine rings is 1. The summed E-state index contributed by atoms with van der Waals surface area (Å²) >= 11 is 0. The molecule has 5 heteroatoms. The topological polar surface area (TPSA) is 54.4 Å². The van der Waals surface area contributed by atoms with Crippen LogP contribution in [0.1, 0.15) is 31.9 Å². The highest BCUT2D eigenvalue weighted by atomic mass is 35.5. The lowest BCUT2D eigenvalue weighted by Crippen LogP contribution is -2.42. The molecule has 0 saturated carbocycles. The summed E-state index contributed by atoms with van der Waals surface area (Å²) in [6.45, 7) is 6.87. The van der Waals surface area contributed by atoms with Gasteiger partial charge in [-0.3, -0.25) is 4.98 Å². The molecule has 1 unspecified atom stereocenters. The van der Waals surface area contributed by atoms with Gasteiger partial charge in [0.1, 0.15) is 18.5 Å². The van der Waals surface area contributed by atoms with Crippen molar-refractivity contribution < 1.29 is 9.84 Å². The van der Waals surface area contributed by atoms with E-state index in [4.69, 9.17) is 4.74 Å². The van der Waals surface area contributed by atoms with Gasteiger partial charge in [-0.05, 0) is 45.0 Å². The van der Waals surface area contributed by atoms with E-state index < -0.39 is 6.10 Å². The Labute approximate surface area is 156 Å². The Morgan fingerprint density at radius 1 is 1.16 bits per heavy atom. The summed E-state index contributed by atoms with van der Waals surface area (Å²) in [5, 5.41) is 13.3. The summed E-state index contributed by atoms with van der Waals surface area (Å²) < 4.78 is 5.74. The highest BCUT2D eigenvalue weighted by molar-refractivity contribution is 5.85. The molecule has 0 amide bonds. The van der Waals surface area contributed by atoms with Crippen LogP contribution in [-0.4, -0.2) is 34.9 Å². The minimum absolute atomic E-state index is 0. The first-order valence-corrected chi connectivity index (χ1v) is 8.01. The van der Waals surface area contributed by atoms with Crippen LogP contribution in [0, 0.1) is 11.8 Å². The summed E-state index contributed by atoms with van der Waals surface area (Å²) in [4.78, 5) is 4.05. The zero-order chi connectivity index (χ0) is 17.4. The number of hydrogen-bond acceptors (Lipinski definition) is 4. The van der Waals surface area contributed by atoms with E-state index in [0.29, 0.717) is 12.3 Å². The predicted octanol–water partition coefficient (Wildman–Crippen LogP) is 3.03. The molecule has 1 heterocycles. The van der Waals surface area contributed by atoms with Gasteiger partial charge in [-0.25, -0.2) is 0 Å². The first-order chi connectivity index (χ1) is 11.4. The average Bonchev–Trinajstić information content (AvgIpc) is 2.57. The Morgan fingerprint density at radius 2 is 1.92 bits per heavy atom. The van der Waals surface area contributed by atoms with E-state index in [1.54, 1.807) is 12.4 Å². The number of aliphatic hydroxyl groups excluding tert-OH is 1. The van der Waals surface area contributed by atoms with E-state index in [9.17, 15) is 5.11 Å². The summed E-state index contributed by atoms with van der Waals surface area (Å²) in [5.74, 6) is 6.83. The van der Waals surface area contributed by atoms with E-state index in [1.807, 2.05) is 36.4 Å². The molecule has 1 aromatic carbocycles. The molecule has 25 heavy (non-hydrogen) atoms. The Kier molecular flexibility index (Phi) is 8.44. The number of nitrogens with one attached hydrogen (secondary N) is 1. The van der Waals surface area contributed by atoms with E-state index in [2.05, 4.69) is 42.9 Å². The number of hydrogen-bond donors (Lipinski definition) is 2. The lowest BCUT2D eigenvalue weighted by Gasteiger charge is -2.23. The van der Waals surface area contributed by atoms with Crippen molar-refractivity contribution in [3.8, 4) is 17.6 Å². The summed E-state index contributed by atoms with van der Waals surface area (Å²) in [6.07, 6.45) is 2.86. The van der Waals surface area contributed by atoms with E-state index >= 15 is 0 Å². The van der Waals surface area contributed by atoms with Crippen LogP contribution in [0.25, 0.3) is 0 Å². The molecule has 0 saturated heterocycles. The molecule has 4 nitrogen and oxygen atoms in total. The van der Waals surface area contributed by atoms with Crippen LogP contribution >= 0.6 is 12.4 Å². The van der Waals surface area contributed by atoms with Crippen molar-refractivity contribution in [2.75, 3.05) is 13.2 Å². The summed E-state index contributed by atoms with van der Waals surface area (Å²) in [6, 6.07) is 11.3. The van der Waals surface area contributed by atoms with Gasteiger partial charge in [0.15, 0.2) is 0 Å². The Hall–Kier alpha value is -2.06. The van der Waals surface area contributed by atoms with Crippen LogP contribution in [0.5, 0.6) is 5.75 Å². The van der Waals surface area contributed by atoms with Crippen molar-refractivity contribution in [2.24, 2.45) is 0 Å². The van der Waals surface area contributed by atoms with Crippen LogP contribution in [0.3, 0.4) is 0 Å². The largest absolute Gasteiger partial charge is 0.490 e. The molecule has 0 spiro atoms. The fourth-order valence-corrected chi connectivity index (χ4v) is 1.94. The van der Waals surface area contributed by atoms with E-state index in [1.165, 1.54) is 0 Å². The van der Waals surface area contributed by atoms with Gasteiger partial charge in [0, 0.05) is 30.0 Å². The minimum Gasteiger partial charge on any atom is -0.490 e. The van der Waals surface area contributed by atoms with Gasteiger partial charge < -0.3 is 15.2 Å². The van der Waals surface area contributed by atoms with Gasteiger partial charge in [-0.2, -0.15) is 0 Å². The average molecular weight is 361 g/mol. The molecule has 1 aromatic heterocycles. The number of nitrogens with zero attached hydrogens (tertiary/aromatic N) is 1. The first kappa shape index (κ1) is 21.0. The second-order valence-electron chi connectivity index (χ2n) is 6.58. The van der Waals surface area contributed by atoms with E-state index in [-0.39, 0.29) is 24.6 Å². The predicted molar refractivity (Wildman–Crippen MR) is 103 cm³/mol. The number of ether oxygens (including phenoxy) is 1. The fourth-order valence-electron chi connectivity index (χ4n) is 1.94. The monoisotopic (exact) mass is 360 g/mol. The Balaban J connectivity index is 0.00000312. The van der Waals surface area contributed by atoms with Crippen LogP contribution in [0.15, 0.2) is 48.8 Å². The molecule has 0 radical (unpaired) electrons. The molecule has 0 aliphatic rings. The molecule has 0 bridgehead atoms. The van der Waals surface area contributed by atoms with Crippen molar-refractivity contribution in [1.29, 1.82) is 0 Å². The molecule has 2 aromatic rings. The molecule has 2 N–H and O–H groups in total. The maximum Gasteiger partial charge on any atom is 0.135 e. The molecule has 134 valence electrons. The maximum absolute atomic E-state index is 10.0. The van der Waals surface area contributed by atoms with Crippen molar-refractivity contribution in [3.63, 3.8) is 0 Å². The fraction of sp³-hybridized carbons (Fsp3) is 0.350. The van der Waals surface area contributed by atoms with Gasteiger partial charge in [-0.15, -0.1) is 12.4 Å². The molecule has 0 fully saturated rings. The lowest BCUT2D eigenvalue weighted by atomic mass is 10.1. The second-order valence-corrected chi connectivity index (χ2v) is 6.58. The number of rotatable bonds is 5. The maximum atomic E-state index is 10.0. The van der Waals surface area contributed by atoms with Crippen molar-refractivity contribution in [3.05, 3.63) is 59.9 Å². The van der Waals surface area contributed by atoms with Gasteiger partial charge in [0.25, 0.3) is 0 Å². The summed E-state index contributed by atoms with van der Waals surface area (Å²) in [7, 11) is 0. The van der Waals surface area contributed by atoms with Crippen molar-refractivity contribution in [1.82, 2.24) is 10.3 Å². The second kappa shape index (κ2) is 10.0. The quantitative estimate of drug-likeness (QED) is 0.805. The van der Waals surface area contributed by atoms with Crippen LogP contribution in [-0.2, 0) is 0 Å². The normalized spacial score (nSPS) is 11.7. The zero-order valence-corrected chi connectivity index (χ0v) is 15.6. The number of β-amino-alcohol motifs (C(OH)–C–C–N with tert-alkyl or cyclic N) is 1. The smallest absolute Gasteiger partial charge is 0.135 e. The number of para-hydroxylation sites is 1. The third-order valence-electron chi connectivity index (χ3n) is 3.19. The number of halogens is 1. The highest BCUT2D eigenvalue weighted by Crippen LogP contribution is 2.17. The van der Waals surface area contributed by atoms with Gasteiger partial charge in [0.05, 0.1) is 5.56 Å². The lowest BCUT2D eigenvalue weighted by molar-refractivity contribution is 0.0999. The number of aromatic nitrogens is 1. The molecule has 0 aliphatic heterocycles. The SMILES string of the molecule is CC(C)(C)NCC(O)COc1ccccc1C#Cc1cccnc1.Cl. The zero-order valence-electron chi connectivity index (χ0n) is 14.8. The number of benzene rings is 1. The van der Waals surface area contributed by atoms with Crippen LogP contribution in [0.2, 0.25) is 0 Å². The van der Waals surface area contributed by atoms with E-state index in [0.717, 1.165) is 11.1 Å². The third-order valence-corrected chi connectivity index (χ3v) is 3.19. The standard InChI is InChI=1S/C20H24N2O2.ClH/c1-20(2,3)22-14-18(23)15-24-19-9-5-4-8-17(19)11-10-16-7-6-12-21-13-16;/h4-9,12-13,18,22-23H,14-15H2,1-3H3;1H. The van der Waals surface area contributed by atoms with Crippen LogP contribution in [0.4, 0.5) is 0 Å². The Morgan fingerprint density at radius 3 is 2.60 bits per heavy atom. The molecule has 1 atom stereocenters. The Bertz CT molecular complexity index is 703.